The van der Waals surface area contributed by atoms with E-state index in [9.17, 15) is 19.2 Å². The van der Waals surface area contributed by atoms with Crippen molar-refractivity contribution in [3.05, 3.63) is 0 Å². The van der Waals surface area contributed by atoms with Gasteiger partial charge in [0.2, 0.25) is 17.7 Å². The lowest BCUT2D eigenvalue weighted by Crippen LogP contribution is -2.54. The summed E-state index contributed by atoms with van der Waals surface area (Å²) in [7, 11) is 0. The Kier molecular flexibility index (Phi) is 6.53. The molecule has 8 heteroatoms. The third kappa shape index (κ3) is 4.94. The van der Waals surface area contributed by atoms with Crippen LogP contribution in [-0.4, -0.2) is 52.3 Å². The first-order valence-corrected chi connectivity index (χ1v) is 7.77. The average Bonchev–Trinajstić information content (AvgIpc) is 2.91. The predicted molar refractivity (Wildman–Crippen MR) is 82.1 cm³/mol. The summed E-state index contributed by atoms with van der Waals surface area (Å²) in [6.45, 7) is 5.47. The molecule has 0 aliphatic carbocycles. The summed E-state index contributed by atoms with van der Waals surface area (Å²) in [5.41, 5.74) is 5.28. The van der Waals surface area contributed by atoms with E-state index in [4.69, 9.17) is 10.8 Å². The maximum atomic E-state index is 12.4. The molecule has 4 N–H and O–H groups in total. The SMILES string of the molecule is CC(C)[C@H](NC(=O)[C@@H]1CCCN1C(=O)[C@@H](C)CC(=O)O)C(N)=O. The molecule has 1 saturated heterocycles. The molecule has 0 bridgehead atoms. The number of hydrogen-bond acceptors (Lipinski definition) is 4. The first kappa shape index (κ1) is 18.9. The van der Waals surface area contributed by atoms with E-state index in [1.807, 2.05) is 0 Å². The van der Waals surface area contributed by atoms with Gasteiger partial charge in [-0.1, -0.05) is 20.8 Å². The molecule has 0 radical (unpaired) electrons. The maximum absolute atomic E-state index is 12.4. The zero-order valence-corrected chi connectivity index (χ0v) is 13.7. The molecule has 0 aromatic rings. The largest absolute Gasteiger partial charge is 0.481 e. The van der Waals surface area contributed by atoms with Crippen LogP contribution < -0.4 is 11.1 Å². The van der Waals surface area contributed by atoms with Gasteiger partial charge in [-0.15, -0.1) is 0 Å². The lowest BCUT2D eigenvalue weighted by Gasteiger charge is -2.28. The second kappa shape index (κ2) is 7.94. The van der Waals surface area contributed by atoms with Gasteiger partial charge in [-0.3, -0.25) is 19.2 Å². The van der Waals surface area contributed by atoms with Gasteiger partial charge in [0.1, 0.15) is 12.1 Å². The number of hydrogen-bond donors (Lipinski definition) is 3. The highest BCUT2D eigenvalue weighted by atomic mass is 16.4. The van der Waals surface area contributed by atoms with Gasteiger partial charge in [-0.25, -0.2) is 0 Å². The van der Waals surface area contributed by atoms with E-state index in [2.05, 4.69) is 5.32 Å². The molecular formula is C15H25N3O5. The molecule has 1 fully saturated rings. The van der Waals surface area contributed by atoms with E-state index < -0.39 is 35.8 Å². The highest BCUT2D eigenvalue weighted by Crippen LogP contribution is 2.21. The van der Waals surface area contributed by atoms with Crippen LogP contribution in [0.2, 0.25) is 0 Å². The number of carbonyl (C=O) groups excluding carboxylic acids is 3. The number of carboxylic acid groups (broad SMARTS) is 1. The maximum Gasteiger partial charge on any atom is 0.304 e. The Morgan fingerprint density at radius 3 is 2.35 bits per heavy atom. The van der Waals surface area contributed by atoms with Crippen molar-refractivity contribution in [2.75, 3.05) is 6.54 Å². The lowest BCUT2D eigenvalue weighted by molar-refractivity contribution is -0.146. The van der Waals surface area contributed by atoms with Crippen LogP contribution in [0.4, 0.5) is 0 Å². The van der Waals surface area contributed by atoms with Crippen LogP contribution >= 0.6 is 0 Å². The standard InChI is InChI=1S/C15H25N3O5/c1-8(2)12(13(16)21)17-14(22)10-5-4-6-18(10)15(23)9(3)7-11(19)20/h8-10,12H,4-7H2,1-3H3,(H2,16,21)(H,17,22)(H,19,20)/t9-,10-,12-/m0/s1. The summed E-state index contributed by atoms with van der Waals surface area (Å²) >= 11 is 0. The molecule has 1 rings (SSSR count). The highest BCUT2D eigenvalue weighted by Gasteiger charge is 2.37. The Balaban J connectivity index is 2.77. The molecule has 0 spiro atoms. The average molecular weight is 327 g/mol. The summed E-state index contributed by atoms with van der Waals surface area (Å²) in [5.74, 6) is -3.31. The second-order valence-electron chi connectivity index (χ2n) is 6.32. The predicted octanol–water partition coefficient (Wildman–Crippen LogP) is -0.286. The van der Waals surface area contributed by atoms with Crippen LogP contribution in [0.1, 0.15) is 40.0 Å². The molecule has 23 heavy (non-hydrogen) atoms. The first-order valence-electron chi connectivity index (χ1n) is 7.77. The van der Waals surface area contributed by atoms with Gasteiger partial charge in [-0.2, -0.15) is 0 Å². The summed E-state index contributed by atoms with van der Waals surface area (Å²) in [5, 5.41) is 11.4. The van der Waals surface area contributed by atoms with Crippen molar-refractivity contribution in [3.8, 4) is 0 Å². The van der Waals surface area contributed by atoms with E-state index in [1.165, 1.54) is 11.8 Å². The van der Waals surface area contributed by atoms with Gasteiger partial charge in [-0.05, 0) is 18.8 Å². The Bertz CT molecular complexity index is 492. The van der Waals surface area contributed by atoms with Crippen molar-refractivity contribution in [2.24, 2.45) is 17.6 Å². The Morgan fingerprint density at radius 2 is 1.87 bits per heavy atom. The van der Waals surface area contributed by atoms with Crippen LogP contribution in [0.15, 0.2) is 0 Å². The number of likely N-dealkylation sites (tertiary alicyclic amines) is 1. The third-order valence-electron chi connectivity index (χ3n) is 4.01. The summed E-state index contributed by atoms with van der Waals surface area (Å²) in [6.07, 6.45) is 0.868. The van der Waals surface area contributed by atoms with Crippen molar-refractivity contribution in [1.29, 1.82) is 0 Å². The minimum Gasteiger partial charge on any atom is -0.481 e. The molecule has 3 atom stereocenters. The van der Waals surface area contributed by atoms with Crippen molar-refractivity contribution in [1.82, 2.24) is 10.2 Å². The van der Waals surface area contributed by atoms with Gasteiger partial charge < -0.3 is 21.1 Å². The third-order valence-corrected chi connectivity index (χ3v) is 4.01. The van der Waals surface area contributed by atoms with E-state index in [-0.39, 0.29) is 18.2 Å². The smallest absolute Gasteiger partial charge is 0.304 e. The van der Waals surface area contributed by atoms with Crippen LogP contribution in [0.5, 0.6) is 0 Å². The normalized spacial score (nSPS) is 20.2. The number of nitrogens with one attached hydrogen (secondary N) is 1. The van der Waals surface area contributed by atoms with Crippen LogP contribution in [0, 0.1) is 11.8 Å². The van der Waals surface area contributed by atoms with E-state index >= 15 is 0 Å². The molecule has 0 aromatic carbocycles. The van der Waals surface area contributed by atoms with Crippen LogP contribution in [0.25, 0.3) is 0 Å². The number of carbonyl (C=O) groups is 4. The molecule has 3 amide bonds. The molecule has 8 nitrogen and oxygen atoms in total. The molecular weight excluding hydrogens is 302 g/mol. The number of amides is 3. The van der Waals surface area contributed by atoms with Gasteiger partial charge >= 0.3 is 5.97 Å². The molecule has 0 aromatic heterocycles. The Morgan fingerprint density at radius 1 is 1.26 bits per heavy atom. The molecule has 130 valence electrons. The zero-order valence-electron chi connectivity index (χ0n) is 13.7. The zero-order chi connectivity index (χ0) is 17.7. The summed E-state index contributed by atoms with van der Waals surface area (Å²) in [4.78, 5) is 48.3. The van der Waals surface area contributed by atoms with Crippen LogP contribution in [-0.2, 0) is 19.2 Å². The van der Waals surface area contributed by atoms with Gasteiger partial charge in [0, 0.05) is 12.5 Å². The molecule has 0 saturated carbocycles. The van der Waals surface area contributed by atoms with Crippen molar-refractivity contribution < 1.29 is 24.3 Å². The molecule has 0 unspecified atom stereocenters. The monoisotopic (exact) mass is 327 g/mol. The fourth-order valence-electron chi connectivity index (χ4n) is 2.75. The van der Waals surface area contributed by atoms with Gasteiger partial charge in [0.25, 0.3) is 0 Å². The van der Waals surface area contributed by atoms with Gasteiger partial charge in [0.05, 0.1) is 6.42 Å². The minimum absolute atomic E-state index is 0.159. The number of carboxylic acids is 1. The molecule has 1 heterocycles. The lowest BCUT2D eigenvalue weighted by atomic mass is 10.0. The summed E-state index contributed by atoms with van der Waals surface area (Å²) in [6, 6.07) is -1.48. The second-order valence-corrected chi connectivity index (χ2v) is 6.32. The van der Waals surface area contributed by atoms with Crippen molar-refractivity contribution in [2.45, 2.75) is 52.1 Å². The highest BCUT2D eigenvalue weighted by molar-refractivity contribution is 5.93. The van der Waals surface area contributed by atoms with Crippen molar-refractivity contribution in [3.63, 3.8) is 0 Å². The number of nitrogens with two attached hydrogens (primary N) is 1. The van der Waals surface area contributed by atoms with Crippen molar-refractivity contribution >= 4 is 23.7 Å². The first-order chi connectivity index (χ1) is 10.6. The number of aliphatic carboxylic acids is 1. The van der Waals surface area contributed by atoms with E-state index in [1.54, 1.807) is 13.8 Å². The number of nitrogens with zero attached hydrogens (tertiary/aromatic N) is 1. The van der Waals surface area contributed by atoms with E-state index in [0.717, 1.165) is 0 Å². The summed E-state index contributed by atoms with van der Waals surface area (Å²) < 4.78 is 0. The fourth-order valence-corrected chi connectivity index (χ4v) is 2.75. The molecule has 1 aliphatic heterocycles. The van der Waals surface area contributed by atoms with Gasteiger partial charge in [0.15, 0.2) is 0 Å². The topological polar surface area (TPSA) is 130 Å². The van der Waals surface area contributed by atoms with Crippen LogP contribution in [0.3, 0.4) is 0 Å². The number of rotatable bonds is 7. The Hall–Kier alpha value is -2.12. The minimum atomic E-state index is -1.06. The fraction of sp³-hybridized carbons (Fsp3) is 0.733. The quantitative estimate of drug-likeness (QED) is 0.592. The molecule has 1 aliphatic rings. The Labute approximate surface area is 135 Å². The van der Waals surface area contributed by atoms with E-state index in [0.29, 0.717) is 19.4 Å². The number of primary amides is 1.